The van der Waals surface area contributed by atoms with Crippen LogP contribution in [-0.2, 0) is 9.53 Å². The number of allylic oxidation sites excluding steroid dienone is 1. The smallest absolute Gasteiger partial charge is 0.302 e. The third-order valence-corrected chi connectivity index (χ3v) is 14.9. The lowest BCUT2D eigenvalue weighted by atomic mass is 9.46. The molecule has 0 aromatic carbocycles. The van der Waals surface area contributed by atoms with Gasteiger partial charge in [-0.1, -0.05) is 65.5 Å². The van der Waals surface area contributed by atoms with Crippen LogP contribution in [0, 0.1) is 46.3 Å². The Labute approximate surface area is 223 Å². The van der Waals surface area contributed by atoms with Crippen molar-refractivity contribution in [1.29, 1.82) is 0 Å². The third kappa shape index (κ3) is 4.57. The second kappa shape index (κ2) is 9.90. The first-order chi connectivity index (χ1) is 16.6. The molecule has 5 rings (SSSR count). The highest BCUT2D eigenvalue weighted by Gasteiger charge is 2.62. The molecule has 3 saturated carbocycles. The molecule has 198 valence electrons. The molecule has 4 aliphatic carbocycles. The normalized spacial score (nSPS) is 42.8. The molecule has 4 fully saturated rings. The highest BCUT2D eigenvalue weighted by molar-refractivity contribution is 8.21. The summed E-state index contributed by atoms with van der Waals surface area (Å²) in [5.41, 5.74) is 2.46. The van der Waals surface area contributed by atoms with Crippen LogP contribution in [-0.4, -0.2) is 27.7 Å². The summed E-state index contributed by atoms with van der Waals surface area (Å²) in [7, 11) is 0. The summed E-state index contributed by atoms with van der Waals surface area (Å²) in [6.07, 6.45) is 16.3. The van der Waals surface area contributed by atoms with Gasteiger partial charge in [0.05, 0.1) is 0 Å². The summed E-state index contributed by atoms with van der Waals surface area (Å²) < 4.78 is 6.08. The number of rotatable bonds is 6. The van der Waals surface area contributed by atoms with Gasteiger partial charge in [-0.05, 0) is 91.3 Å². The predicted molar refractivity (Wildman–Crippen MR) is 152 cm³/mol. The molecule has 4 heteroatoms. The number of esters is 1. The average molecular weight is 519 g/mol. The van der Waals surface area contributed by atoms with Crippen LogP contribution in [0.3, 0.4) is 0 Å². The maximum atomic E-state index is 12.1. The zero-order chi connectivity index (χ0) is 25.0. The fourth-order valence-electron chi connectivity index (χ4n) is 9.77. The summed E-state index contributed by atoms with van der Waals surface area (Å²) in [5, 5.41) is 0. The van der Waals surface area contributed by atoms with Crippen LogP contribution in [0.5, 0.6) is 0 Å². The molecule has 8 atom stereocenters. The van der Waals surface area contributed by atoms with Crippen molar-refractivity contribution in [2.75, 3.05) is 11.5 Å². The lowest BCUT2D eigenvalue weighted by Crippen LogP contribution is -2.55. The van der Waals surface area contributed by atoms with Crippen molar-refractivity contribution >= 4 is 29.5 Å². The number of hydrogen-bond donors (Lipinski definition) is 0. The lowest BCUT2D eigenvalue weighted by molar-refractivity contribution is -0.150. The van der Waals surface area contributed by atoms with Gasteiger partial charge < -0.3 is 4.74 Å². The third-order valence-electron chi connectivity index (χ3n) is 11.4. The predicted octanol–water partition coefficient (Wildman–Crippen LogP) is 8.75. The molecule has 0 bridgehead atoms. The van der Waals surface area contributed by atoms with Crippen LogP contribution < -0.4 is 0 Å². The molecule has 1 heterocycles. The minimum atomic E-state index is -0.100. The van der Waals surface area contributed by atoms with Crippen LogP contribution in [0.15, 0.2) is 11.6 Å². The van der Waals surface area contributed by atoms with Gasteiger partial charge in [-0.3, -0.25) is 4.79 Å². The van der Waals surface area contributed by atoms with Crippen molar-refractivity contribution in [1.82, 2.24) is 0 Å². The average Bonchev–Trinajstić information content (AvgIpc) is 3.39. The summed E-state index contributed by atoms with van der Waals surface area (Å²) in [6.45, 7) is 14.2. The van der Waals surface area contributed by atoms with E-state index in [0.717, 1.165) is 41.9 Å². The van der Waals surface area contributed by atoms with Crippen molar-refractivity contribution in [2.24, 2.45) is 46.3 Å². The molecule has 0 N–H and O–H groups in total. The molecule has 1 aliphatic heterocycles. The first-order valence-electron chi connectivity index (χ1n) is 14.8. The van der Waals surface area contributed by atoms with E-state index in [2.05, 4.69) is 40.7 Å². The Balaban J connectivity index is 1.36. The first kappa shape index (κ1) is 26.5. The van der Waals surface area contributed by atoms with Crippen LogP contribution >= 0.6 is 23.5 Å². The Hall–Kier alpha value is -0.0900. The lowest BCUT2D eigenvalue weighted by Gasteiger charge is -2.60. The van der Waals surface area contributed by atoms with E-state index in [0.29, 0.717) is 5.41 Å². The zero-order valence-corrected chi connectivity index (χ0v) is 24.9. The van der Waals surface area contributed by atoms with E-state index in [1.807, 2.05) is 23.5 Å². The molecule has 1 saturated heterocycles. The number of thioether (sulfide) groups is 2. The van der Waals surface area contributed by atoms with E-state index in [-0.39, 0.29) is 21.6 Å². The van der Waals surface area contributed by atoms with Crippen LogP contribution in [0.25, 0.3) is 0 Å². The maximum Gasteiger partial charge on any atom is 0.302 e. The van der Waals surface area contributed by atoms with Gasteiger partial charge in [0.15, 0.2) is 0 Å². The van der Waals surface area contributed by atoms with Gasteiger partial charge in [-0.2, -0.15) is 0 Å². The van der Waals surface area contributed by atoms with Crippen LogP contribution in [0.1, 0.15) is 106 Å². The van der Waals surface area contributed by atoms with Crippen molar-refractivity contribution in [2.45, 2.75) is 116 Å². The van der Waals surface area contributed by atoms with E-state index >= 15 is 0 Å². The van der Waals surface area contributed by atoms with Crippen molar-refractivity contribution in [3.8, 4) is 0 Å². The summed E-state index contributed by atoms with van der Waals surface area (Å²) >= 11 is 4.07. The quantitative estimate of drug-likeness (QED) is 0.259. The van der Waals surface area contributed by atoms with Gasteiger partial charge in [0.1, 0.15) is 10.2 Å². The van der Waals surface area contributed by atoms with Gasteiger partial charge in [0.25, 0.3) is 0 Å². The highest BCUT2D eigenvalue weighted by Crippen LogP contribution is 2.69. The standard InChI is InChI=1S/C31H50O2S2/c1-20(2)8-7-9-21(3)25-12-13-26-24-11-10-23-18-31(34-16-17-35-31)28(33-22(4)32)19-30(23,6)27(24)14-15-29(25,26)5/h18,20-21,24-28H,7-17,19H2,1-6H3/t21-,24+,25-,26+,27+,28-,29-,30+/m1/s1. The second-order valence-electron chi connectivity index (χ2n) is 13.8. The first-order valence-corrected chi connectivity index (χ1v) is 16.7. The number of fused-ring (bicyclic) bond motifs is 5. The molecule has 1 spiro atoms. The topological polar surface area (TPSA) is 26.3 Å². The van der Waals surface area contributed by atoms with Crippen LogP contribution in [0.2, 0.25) is 0 Å². The Morgan fingerprint density at radius 2 is 1.80 bits per heavy atom. The van der Waals surface area contributed by atoms with E-state index in [9.17, 15) is 4.79 Å². The Morgan fingerprint density at radius 3 is 2.49 bits per heavy atom. The van der Waals surface area contributed by atoms with E-state index in [4.69, 9.17) is 4.74 Å². The Kier molecular flexibility index (Phi) is 7.50. The molecule has 0 unspecified atom stereocenters. The van der Waals surface area contributed by atoms with E-state index in [1.165, 1.54) is 69.3 Å². The zero-order valence-electron chi connectivity index (χ0n) is 23.2. The van der Waals surface area contributed by atoms with Crippen molar-refractivity contribution < 1.29 is 9.53 Å². The molecule has 0 aromatic heterocycles. The fraction of sp³-hybridized carbons (Fsp3) is 0.903. The Bertz CT molecular complexity index is 830. The molecule has 0 amide bonds. The SMILES string of the molecule is CC(=O)O[C@@H]1C[C@@]2(C)C(=CC13SCCS3)CC[C@H]1[C@@H]3CC[C@H]([C@H](C)CCCC(C)C)[C@@]3(C)CC[C@@H]12. The van der Waals surface area contributed by atoms with Gasteiger partial charge >= 0.3 is 5.97 Å². The monoisotopic (exact) mass is 518 g/mol. The number of carbonyl (C=O) groups is 1. The molecule has 0 aromatic rings. The Morgan fingerprint density at radius 1 is 1.06 bits per heavy atom. The largest absolute Gasteiger partial charge is 0.460 e. The number of ether oxygens (including phenoxy) is 1. The molecule has 5 aliphatic rings. The van der Waals surface area contributed by atoms with E-state index < -0.39 is 0 Å². The number of hydrogen-bond acceptors (Lipinski definition) is 4. The minimum absolute atomic E-state index is 0.0237. The molecular weight excluding hydrogens is 468 g/mol. The second-order valence-corrected chi connectivity index (χ2v) is 16.8. The van der Waals surface area contributed by atoms with Crippen molar-refractivity contribution in [3.63, 3.8) is 0 Å². The molecule has 0 radical (unpaired) electrons. The number of carbonyl (C=O) groups excluding carboxylic acids is 1. The van der Waals surface area contributed by atoms with Crippen molar-refractivity contribution in [3.05, 3.63) is 11.6 Å². The van der Waals surface area contributed by atoms with Crippen LogP contribution in [0.4, 0.5) is 0 Å². The summed E-state index contributed by atoms with van der Waals surface area (Å²) in [6, 6.07) is 0. The van der Waals surface area contributed by atoms with Gasteiger partial charge in [0.2, 0.25) is 0 Å². The highest BCUT2D eigenvalue weighted by atomic mass is 32.2. The summed E-state index contributed by atoms with van der Waals surface area (Å²) in [4.78, 5) is 12.1. The molecule has 35 heavy (non-hydrogen) atoms. The molecule has 2 nitrogen and oxygen atoms in total. The van der Waals surface area contributed by atoms with Gasteiger partial charge in [-0.25, -0.2) is 0 Å². The molecular formula is C31H50O2S2. The van der Waals surface area contributed by atoms with Gasteiger partial charge in [0, 0.05) is 18.4 Å². The minimum Gasteiger partial charge on any atom is -0.460 e. The summed E-state index contributed by atoms with van der Waals surface area (Å²) in [5.74, 6) is 7.39. The van der Waals surface area contributed by atoms with Gasteiger partial charge in [-0.15, -0.1) is 23.5 Å². The maximum absolute atomic E-state index is 12.1. The fourth-order valence-corrected chi connectivity index (χ4v) is 13.0. The van der Waals surface area contributed by atoms with E-state index in [1.54, 1.807) is 12.5 Å².